The largest absolute Gasteiger partial charge is 0.497 e. The highest BCUT2D eigenvalue weighted by Gasteiger charge is 2.05. The van der Waals surface area contributed by atoms with Crippen LogP contribution in [0, 0.1) is 0 Å². The van der Waals surface area contributed by atoms with Gasteiger partial charge in [-0.2, -0.15) is 10.2 Å². The molecule has 96 valence electrons. The van der Waals surface area contributed by atoms with Gasteiger partial charge in [-0.1, -0.05) is 11.3 Å². The quantitative estimate of drug-likeness (QED) is 0.791. The van der Waals surface area contributed by atoms with Crippen molar-refractivity contribution >= 4 is 26.7 Å². The summed E-state index contributed by atoms with van der Waals surface area (Å²) in [5, 5.41) is 12.0. The highest BCUT2D eigenvalue weighted by Crippen LogP contribution is 2.29. The average Bonchev–Trinajstić information content (AvgIpc) is 2.88. The first-order valence-electron chi connectivity index (χ1n) is 5.80. The van der Waals surface area contributed by atoms with Gasteiger partial charge in [0, 0.05) is 6.20 Å². The second-order valence-corrected chi connectivity index (χ2v) is 4.95. The van der Waals surface area contributed by atoms with Gasteiger partial charge in [0.05, 0.1) is 29.6 Å². The molecule has 0 aliphatic heterocycles. The number of anilines is 1. The lowest BCUT2D eigenvalue weighted by Gasteiger charge is -1.99. The molecule has 0 saturated heterocycles. The summed E-state index contributed by atoms with van der Waals surface area (Å²) in [5.74, 6) is 0.844. The first-order valence-corrected chi connectivity index (χ1v) is 6.62. The van der Waals surface area contributed by atoms with Crippen LogP contribution in [0.3, 0.4) is 0 Å². The molecule has 0 spiro atoms. The van der Waals surface area contributed by atoms with Crippen molar-refractivity contribution in [3.05, 3.63) is 42.2 Å². The Balaban J connectivity index is 1.78. The van der Waals surface area contributed by atoms with Crippen LogP contribution in [0.1, 0.15) is 5.69 Å². The zero-order chi connectivity index (χ0) is 13.1. The number of fused-ring (bicyclic) bond motifs is 1. The Morgan fingerprint density at radius 1 is 1.32 bits per heavy atom. The fourth-order valence-corrected chi connectivity index (χ4v) is 2.59. The molecule has 6 heteroatoms. The summed E-state index contributed by atoms with van der Waals surface area (Å²) >= 11 is 1.60. The first-order chi connectivity index (χ1) is 9.35. The molecule has 0 atom stereocenters. The summed E-state index contributed by atoms with van der Waals surface area (Å²) in [4.78, 5) is 4.51. The number of benzene rings is 1. The Hall–Kier alpha value is -2.21. The molecule has 0 saturated carbocycles. The van der Waals surface area contributed by atoms with E-state index in [1.807, 2.05) is 30.3 Å². The third kappa shape index (κ3) is 2.63. The van der Waals surface area contributed by atoms with Crippen molar-refractivity contribution in [2.45, 2.75) is 6.54 Å². The van der Waals surface area contributed by atoms with Crippen molar-refractivity contribution in [2.24, 2.45) is 0 Å². The molecule has 2 heterocycles. The van der Waals surface area contributed by atoms with Gasteiger partial charge in [0.1, 0.15) is 5.75 Å². The Morgan fingerprint density at radius 3 is 3.05 bits per heavy atom. The van der Waals surface area contributed by atoms with E-state index in [-0.39, 0.29) is 0 Å². The van der Waals surface area contributed by atoms with Gasteiger partial charge >= 0.3 is 0 Å². The van der Waals surface area contributed by atoms with E-state index in [1.54, 1.807) is 24.6 Å². The molecule has 1 aromatic carbocycles. The SMILES string of the molecule is COc1ccc2nc(NCc3cccnn3)sc2c1. The maximum Gasteiger partial charge on any atom is 0.184 e. The molecule has 0 unspecified atom stereocenters. The third-order valence-electron chi connectivity index (χ3n) is 2.64. The molecule has 0 fully saturated rings. The van der Waals surface area contributed by atoms with Crippen molar-refractivity contribution in [3.63, 3.8) is 0 Å². The van der Waals surface area contributed by atoms with Crippen LogP contribution in [0.5, 0.6) is 5.75 Å². The Kier molecular flexibility index (Phi) is 3.24. The van der Waals surface area contributed by atoms with Crippen LogP contribution >= 0.6 is 11.3 Å². The van der Waals surface area contributed by atoms with Gasteiger partial charge < -0.3 is 10.1 Å². The van der Waals surface area contributed by atoms with Gasteiger partial charge in [-0.3, -0.25) is 0 Å². The monoisotopic (exact) mass is 272 g/mol. The van der Waals surface area contributed by atoms with Crippen molar-refractivity contribution in [1.29, 1.82) is 0 Å². The fraction of sp³-hybridized carbons (Fsp3) is 0.154. The van der Waals surface area contributed by atoms with Gasteiger partial charge in [-0.25, -0.2) is 4.98 Å². The van der Waals surface area contributed by atoms with E-state index in [1.165, 1.54) is 0 Å². The Morgan fingerprint density at radius 2 is 2.26 bits per heavy atom. The number of nitrogens with one attached hydrogen (secondary N) is 1. The maximum absolute atomic E-state index is 5.20. The topological polar surface area (TPSA) is 59.9 Å². The molecule has 19 heavy (non-hydrogen) atoms. The smallest absolute Gasteiger partial charge is 0.184 e. The lowest BCUT2D eigenvalue weighted by atomic mass is 10.3. The minimum Gasteiger partial charge on any atom is -0.497 e. The zero-order valence-corrected chi connectivity index (χ0v) is 11.1. The van der Waals surface area contributed by atoms with E-state index in [0.717, 1.165) is 26.8 Å². The number of methoxy groups -OCH3 is 1. The highest BCUT2D eigenvalue weighted by atomic mass is 32.1. The molecule has 0 aliphatic carbocycles. The minimum absolute atomic E-state index is 0.616. The number of hydrogen-bond donors (Lipinski definition) is 1. The molecular formula is C13H12N4OS. The van der Waals surface area contributed by atoms with E-state index in [4.69, 9.17) is 4.74 Å². The van der Waals surface area contributed by atoms with Crippen LogP contribution in [0.15, 0.2) is 36.5 Å². The molecule has 2 aromatic heterocycles. The Labute approximate surface area is 114 Å². The molecule has 1 N–H and O–H groups in total. The first kappa shape index (κ1) is 11.9. The number of rotatable bonds is 4. The van der Waals surface area contributed by atoms with Gasteiger partial charge in [0.15, 0.2) is 5.13 Å². The van der Waals surface area contributed by atoms with Crippen molar-refractivity contribution in [3.8, 4) is 5.75 Å². The summed E-state index contributed by atoms with van der Waals surface area (Å²) in [7, 11) is 1.66. The highest BCUT2D eigenvalue weighted by molar-refractivity contribution is 7.22. The van der Waals surface area contributed by atoms with E-state index in [9.17, 15) is 0 Å². The van der Waals surface area contributed by atoms with Crippen LogP contribution in [0.2, 0.25) is 0 Å². The lowest BCUT2D eigenvalue weighted by Crippen LogP contribution is -2.01. The van der Waals surface area contributed by atoms with Crippen LogP contribution in [-0.4, -0.2) is 22.3 Å². The fourth-order valence-electron chi connectivity index (χ4n) is 1.70. The normalized spacial score (nSPS) is 10.6. The number of thiazole rings is 1. The van der Waals surface area contributed by atoms with Crippen molar-refractivity contribution in [1.82, 2.24) is 15.2 Å². The zero-order valence-electron chi connectivity index (χ0n) is 10.3. The summed E-state index contributed by atoms with van der Waals surface area (Å²) < 4.78 is 6.30. The van der Waals surface area contributed by atoms with Crippen molar-refractivity contribution < 1.29 is 4.74 Å². The average molecular weight is 272 g/mol. The van der Waals surface area contributed by atoms with E-state index in [0.29, 0.717) is 6.54 Å². The van der Waals surface area contributed by atoms with E-state index < -0.39 is 0 Å². The van der Waals surface area contributed by atoms with Crippen LogP contribution in [0.25, 0.3) is 10.2 Å². The molecule has 0 bridgehead atoms. The summed E-state index contributed by atoms with van der Waals surface area (Å²) in [6, 6.07) is 9.65. The summed E-state index contributed by atoms with van der Waals surface area (Å²) in [6.45, 7) is 0.616. The van der Waals surface area contributed by atoms with Gasteiger partial charge in [-0.15, -0.1) is 0 Å². The summed E-state index contributed by atoms with van der Waals surface area (Å²) in [5.41, 5.74) is 1.85. The van der Waals surface area contributed by atoms with Crippen LogP contribution in [0.4, 0.5) is 5.13 Å². The second-order valence-electron chi connectivity index (χ2n) is 3.92. The molecule has 0 amide bonds. The molecular weight excluding hydrogens is 260 g/mol. The standard InChI is InChI=1S/C13H12N4OS/c1-18-10-4-5-11-12(7-10)19-13(16-11)14-8-9-3-2-6-15-17-9/h2-7H,8H2,1H3,(H,14,16). The summed E-state index contributed by atoms with van der Waals surface area (Å²) in [6.07, 6.45) is 1.66. The number of hydrogen-bond acceptors (Lipinski definition) is 6. The van der Waals surface area contributed by atoms with Gasteiger partial charge in [-0.05, 0) is 30.3 Å². The van der Waals surface area contributed by atoms with Crippen LogP contribution in [-0.2, 0) is 6.54 Å². The molecule has 5 nitrogen and oxygen atoms in total. The van der Waals surface area contributed by atoms with Crippen molar-refractivity contribution in [2.75, 3.05) is 12.4 Å². The Bertz CT molecular complexity index is 683. The van der Waals surface area contributed by atoms with Gasteiger partial charge in [0.2, 0.25) is 0 Å². The van der Waals surface area contributed by atoms with Gasteiger partial charge in [0.25, 0.3) is 0 Å². The molecule has 0 radical (unpaired) electrons. The molecule has 0 aliphatic rings. The predicted octanol–water partition coefficient (Wildman–Crippen LogP) is 2.71. The minimum atomic E-state index is 0.616. The number of nitrogens with zero attached hydrogens (tertiary/aromatic N) is 3. The predicted molar refractivity (Wildman–Crippen MR) is 75.5 cm³/mol. The molecule has 3 rings (SSSR count). The van der Waals surface area contributed by atoms with Crippen LogP contribution < -0.4 is 10.1 Å². The third-order valence-corrected chi connectivity index (χ3v) is 3.62. The van der Waals surface area contributed by atoms with E-state index >= 15 is 0 Å². The maximum atomic E-state index is 5.20. The van der Waals surface area contributed by atoms with E-state index in [2.05, 4.69) is 20.5 Å². The number of aromatic nitrogens is 3. The lowest BCUT2D eigenvalue weighted by molar-refractivity contribution is 0.415. The molecule has 3 aromatic rings. The second kappa shape index (κ2) is 5.19. The number of ether oxygens (including phenoxy) is 1.